The lowest BCUT2D eigenvalue weighted by Crippen LogP contribution is -2.45. The molecule has 1 amide bonds. The maximum Gasteiger partial charge on any atom is 0.252 e. The van der Waals surface area contributed by atoms with E-state index in [0.29, 0.717) is 0 Å². The second-order valence-electron chi connectivity index (χ2n) is 8.09. The van der Waals surface area contributed by atoms with E-state index in [2.05, 4.69) is 5.32 Å². The minimum absolute atomic E-state index is 0.0659. The Kier molecular flexibility index (Phi) is 6.57. The molecule has 0 saturated heterocycles. The summed E-state index contributed by atoms with van der Waals surface area (Å²) in [6.07, 6.45) is -1.99. The zero-order chi connectivity index (χ0) is 23.1. The van der Waals surface area contributed by atoms with Crippen molar-refractivity contribution in [2.45, 2.75) is 60.5 Å². The number of carbonyl (C=O) groups is 1. The number of rotatable bonds is 4. The van der Waals surface area contributed by atoms with Gasteiger partial charge in [0.15, 0.2) is 21.5 Å². The molecule has 0 spiro atoms. The third kappa shape index (κ3) is 4.97. The van der Waals surface area contributed by atoms with E-state index in [1.165, 1.54) is 19.1 Å². The quantitative estimate of drug-likeness (QED) is 0.615. The first kappa shape index (κ1) is 23.8. The first-order valence-corrected chi connectivity index (χ1v) is 11.4. The second-order valence-corrected chi connectivity index (χ2v) is 10.7. The summed E-state index contributed by atoms with van der Waals surface area (Å²) in [5.41, 5.74) is -1.72. The number of aliphatic hydroxyl groups is 2. The highest BCUT2D eigenvalue weighted by molar-refractivity contribution is 7.92. The highest BCUT2D eigenvalue weighted by Crippen LogP contribution is 2.35. The molecule has 31 heavy (non-hydrogen) atoms. The fraction of sp³-hybridized carbons (Fsp3) is 0.450. The van der Waals surface area contributed by atoms with Crippen LogP contribution in [-0.4, -0.2) is 47.5 Å². The van der Waals surface area contributed by atoms with Crippen LogP contribution in [0, 0.1) is 0 Å². The Bertz CT molecular complexity index is 1060. The molecule has 3 N–H and O–H groups in total. The first-order valence-electron chi connectivity index (χ1n) is 9.47. The number of amides is 1. The molecule has 2 unspecified atom stereocenters. The number of nitrogens with one attached hydrogen (secondary N) is 1. The van der Waals surface area contributed by atoms with Gasteiger partial charge in [-0.1, -0.05) is 11.6 Å². The van der Waals surface area contributed by atoms with Gasteiger partial charge in [-0.15, -0.1) is 0 Å². The summed E-state index contributed by atoms with van der Waals surface area (Å²) in [5, 5.41) is 20.8. The molecule has 0 radical (unpaired) electrons. The number of benzene rings is 1. The molecule has 1 aromatic carbocycles. The predicted molar refractivity (Wildman–Crippen MR) is 107 cm³/mol. The topological polar surface area (TPSA) is 104 Å². The lowest BCUT2D eigenvalue weighted by Gasteiger charge is -2.30. The number of hydrogen-bond donors (Lipinski definition) is 3. The Balaban J connectivity index is 1.88. The Morgan fingerprint density at radius 3 is 2.35 bits per heavy atom. The SMILES string of the molecule is CC1(NC(=O)c2ccc(Cl)c(S(=O)(=O)C3C[C@@H](O)C[C@@H](O)C3)c2)C=C(F)C(F)=C(F)C1. The summed E-state index contributed by atoms with van der Waals surface area (Å²) in [5.74, 6) is -5.26. The Hall–Kier alpha value is -1.88. The maximum absolute atomic E-state index is 13.7. The van der Waals surface area contributed by atoms with Gasteiger partial charge in [0.2, 0.25) is 0 Å². The van der Waals surface area contributed by atoms with Crippen molar-refractivity contribution in [2.75, 3.05) is 0 Å². The van der Waals surface area contributed by atoms with Gasteiger partial charge in [-0.25, -0.2) is 21.6 Å². The number of hydrogen-bond acceptors (Lipinski definition) is 5. The van der Waals surface area contributed by atoms with Crippen LogP contribution in [0.1, 0.15) is 43.0 Å². The fourth-order valence-electron chi connectivity index (χ4n) is 3.84. The van der Waals surface area contributed by atoms with Crippen LogP contribution in [0.2, 0.25) is 5.02 Å². The molecule has 4 atom stereocenters. The largest absolute Gasteiger partial charge is 0.393 e. The fourth-order valence-corrected chi connectivity index (χ4v) is 6.22. The monoisotopic (exact) mass is 479 g/mol. The van der Waals surface area contributed by atoms with E-state index >= 15 is 0 Å². The van der Waals surface area contributed by atoms with Crippen LogP contribution >= 0.6 is 11.6 Å². The van der Waals surface area contributed by atoms with Crippen LogP contribution in [0.3, 0.4) is 0 Å². The van der Waals surface area contributed by atoms with Gasteiger partial charge in [-0.2, -0.15) is 0 Å². The number of sulfone groups is 1. The van der Waals surface area contributed by atoms with Gasteiger partial charge in [0, 0.05) is 12.0 Å². The Morgan fingerprint density at radius 2 is 1.77 bits per heavy atom. The van der Waals surface area contributed by atoms with E-state index in [0.717, 1.165) is 12.1 Å². The van der Waals surface area contributed by atoms with E-state index in [9.17, 15) is 36.6 Å². The number of allylic oxidation sites excluding steroid dienone is 2. The number of aliphatic hydroxyl groups excluding tert-OH is 2. The summed E-state index contributed by atoms with van der Waals surface area (Å²) in [4.78, 5) is 12.3. The Labute approximate surface area is 182 Å². The van der Waals surface area contributed by atoms with Gasteiger partial charge in [0.05, 0.1) is 32.9 Å². The van der Waals surface area contributed by atoms with Crippen LogP contribution < -0.4 is 5.32 Å². The lowest BCUT2D eigenvalue weighted by molar-refractivity contribution is 0.0421. The summed E-state index contributed by atoms with van der Waals surface area (Å²) in [7, 11) is -4.11. The zero-order valence-corrected chi connectivity index (χ0v) is 18.0. The van der Waals surface area contributed by atoms with Crippen molar-refractivity contribution in [1.82, 2.24) is 5.32 Å². The highest BCUT2D eigenvalue weighted by Gasteiger charge is 2.38. The van der Waals surface area contributed by atoms with Crippen LogP contribution in [0.4, 0.5) is 13.2 Å². The minimum Gasteiger partial charge on any atom is -0.393 e. The molecular formula is C20H21ClF3NO5S. The molecule has 1 fully saturated rings. The van der Waals surface area contributed by atoms with Crippen LogP contribution in [-0.2, 0) is 9.84 Å². The predicted octanol–water partition coefficient (Wildman–Crippen LogP) is 3.28. The van der Waals surface area contributed by atoms with Gasteiger partial charge in [0.25, 0.3) is 5.91 Å². The van der Waals surface area contributed by atoms with Gasteiger partial charge in [-0.3, -0.25) is 4.79 Å². The number of carbonyl (C=O) groups excluding carboxylic acids is 1. The van der Waals surface area contributed by atoms with Crippen molar-refractivity contribution in [1.29, 1.82) is 0 Å². The summed E-state index contributed by atoms with van der Waals surface area (Å²) >= 11 is 6.06. The molecule has 3 rings (SSSR count). The van der Waals surface area contributed by atoms with Gasteiger partial charge < -0.3 is 15.5 Å². The first-order chi connectivity index (χ1) is 14.3. The third-order valence-electron chi connectivity index (χ3n) is 5.37. The molecule has 0 aliphatic heterocycles. The van der Waals surface area contributed by atoms with Crippen molar-refractivity contribution in [3.63, 3.8) is 0 Å². The van der Waals surface area contributed by atoms with E-state index in [1.54, 1.807) is 0 Å². The van der Waals surface area contributed by atoms with Crippen molar-refractivity contribution in [2.24, 2.45) is 0 Å². The molecule has 2 aliphatic rings. The standard InChI is InChI=1S/C20H21ClF3NO5S/c1-20(8-15(22)18(24)16(23)9-20)25-19(28)10-2-3-14(21)17(4-10)31(29,30)13-6-11(26)5-12(27)7-13/h2-4,8,11-13,26-27H,5-7,9H2,1H3,(H,25,28)/t11-,12+,13?,20?. The van der Waals surface area contributed by atoms with Crippen LogP contribution in [0.15, 0.2) is 46.7 Å². The van der Waals surface area contributed by atoms with Crippen molar-refractivity contribution >= 4 is 27.3 Å². The van der Waals surface area contributed by atoms with Gasteiger partial charge >= 0.3 is 0 Å². The molecule has 0 heterocycles. The van der Waals surface area contributed by atoms with Crippen LogP contribution in [0.5, 0.6) is 0 Å². The normalized spacial score (nSPS) is 29.5. The van der Waals surface area contributed by atoms with Crippen molar-refractivity contribution in [3.8, 4) is 0 Å². The van der Waals surface area contributed by atoms with E-state index in [4.69, 9.17) is 11.6 Å². The molecule has 6 nitrogen and oxygen atoms in total. The van der Waals surface area contributed by atoms with E-state index < -0.39 is 62.6 Å². The summed E-state index contributed by atoms with van der Waals surface area (Å²) < 4.78 is 66.6. The van der Waals surface area contributed by atoms with Crippen molar-refractivity contribution < 1.29 is 36.6 Å². The molecule has 1 aromatic rings. The van der Waals surface area contributed by atoms with Gasteiger partial charge in [-0.05, 0) is 50.5 Å². The smallest absolute Gasteiger partial charge is 0.252 e. The summed E-state index contributed by atoms with van der Waals surface area (Å²) in [6.45, 7) is 1.29. The highest BCUT2D eigenvalue weighted by atomic mass is 35.5. The Morgan fingerprint density at radius 1 is 1.16 bits per heavy atom. The van der Waals surface area contributed by atoms with Crippen LogP contribution in [0.25, 0.3) is 0 Å². The molecule has 0 bridgehead atoms. The molecule has 11 heteroatoms. The van der Waals surface area contributed by atoms with Crippen molar-refractivity contribution in [3.05, 3.63) is 52.3 Å². The van der Waals surface area contributed by atoms with E-state index in [-0.39, 0.29) is 34.7 Å². The third-order valence-corrected chi connectivity index (χ3v) is 8.02. The van der Waals surface area contributed by atoms with Gasteiger partial charge in [0.1, 0.15) is 5.83 Å². The number of halogens is 4. The molecule has 1 saturated carbocycles. The zero-order valence-electron chi connectivity index (χ0n) is 16.4. The minimum atomic E-state index is -4.11. The lowest BCUT2D eigenvalue weighted by atomic mass is 9.91. The molecule has 0 aromatic heterocycles. The molecule has 170 valence electrons. The van der Waals surface area contributed by atoms with E-state index in [1.807, 2.05) is 0 Å². The maximum atomic E-state index is 13.7. The summed E-state index contributed by atoms with van der Waals surface area (Å²) in [6, 6.07) is 3.46. The molecular weight excluding hydrogens is 459 g/mol. The average molecular weight is 480 g/mol. The second kappa shape index (κ2) is 8.57. The average Bonchev–Trinajstić information content (AvgIpc) is 2.65. The molecule has 2 aliphatic carbocycles.